The van der Waals surface area contributed by atoms with Crippen molar-refractivity contribution in [3.05, 3.63) is 59.9 Å². The fourth-order valence-corrected chi connectivity index (χ4v) is 4.00. The van der Waals surface area contributed by atoms with E-state index in [1.165, 1.54) is 0 Å². The van der Waals surface area contributed by atoms with Gasteiger partial charge in [0.1, 0.15) is 11.6 Å². The molecule has 6 nitrogen and oxygen atoms in total. The normalized spacial score (nSPS) is 17.2. The first-order valence-corrected chi connectivity index (χ1v) is 10.3. The van der Waals surface area contributed by atoms with Crippen LogP contribution in [-0.2, 0) is 11.3 Å². The SMILES string of the molecule is CSc1cc(C2CCCN(C(=O)OCc3ccccc3)C2)nc2ccnn12. The standard InChI is InChI=1S/C20H22N4O2S/c1-27-19-12-17(22-18-9-10-21-24(18)19)16-8-5-11-23(13-16)20(25)26-14-15-6-3-2-4-7-15/h2-4,6-7,9-10,12,16H,5,8,11,13-14H2,1H3. The van der Waals surface area contributed by atoms with E-state index in [0.717, 1.165) is 41.3 Å². The van der Waals surface area contributed by atoms with Crippen LogP contribution < -0.4 is 0 Å². The zero-order chi connectivity index (χ0) is 18.6. The lowest BCUT2D eigenvalue weighted by molar-refractivity contribution is 0.0856. The summed E-state index contributed by atoms with van der Waals surface area (Å²) in [4.78, 5) is 19.1. The van der Waals surface area contributed by atoms with Gasteiger partial charge in [-0.25, -0.2) is 14.3 Å². The summed E-state index contributed by atoms with van der Waals surface area (Å²) < 4.78 is 7.35. The number of benzene rings is 1. The summed E-state index contributed by atoms with van der Waals surface area (Å²) in [7, 11) is 0. The molecule has 0 aliphatic carbocycles. The Morgan fingerprint density at radius 2 is 2.15 bits per heavy atom. The first-order valence-electron chi connectivity index (χ1n) is 9.09. The van der Waals surface area contributed by atoms with E-state index < -0.39 is 0 Å². The van der Waals surface area contributed by atoms with Gasteiger partial charge < -0.3 is 9.64 Å². The number of rotatable bonds is 4. The third-order valence-electron chi connectivity index (χ3n) is 4.86. The van der Waals surface area contributed by atoms with Gasteiger partial charge >= 0.3 is 6.09 Å². The zero-order valence-electron chi connectivity index (χ0n) is 15.2. The molecular formula is C20H22N4O2S. The number of thioether (sulfide) groups is 1. The van der Waals surface area contributed by atoms with E-state index in [1.54, 1.807) is 22.9 Å². The van der Waals surface area contributed by atoms with Gasteiger partial charge in [0, 0.05) is 25.1 Å². The summed E-state index contributed by atoms with van der Waals surface area (Å²) in [5.41, 5.74) is 2.87. The van der Waals surface area contributed by atoms with Gasteiger partial charge in [0.2, 0.25) is 0 Å². The molecule has 27 heavy (non-hydrogen) atoms. The number of amides is 1. The van der Waals surface area contributed by atoms with Crippen LogP contribution >= 0.6 is 11.8 Å². The van der Waals surface area contributed by atoms with Gasteiger partial charge in [-0.3, -0.25) is 0 Å². The molecule has 1 atom stereocenters. The number of hydrogen-bond acceptors (Lipinski definition) is 5. The van der Waals surface area contributed by atoms with Gasteiger partial charge in [-0.05, 0) is 30.7 Å². The molecule has 0 radical (unpaired) electrons. The van der Waals surface area contributed by atoms with E-state index >= 15 is 0 Å². The number of carbonyl (C=O) groups excluding carboxylic acids is 1. The number of carbonyl (C=O) groups is 1. The number of likely N-dealkylation sites (tertiary alicyclic amines) is 1. The maximum atomic E-state index is 12.5. The summed E-state index contributed by atoms with van der Waals surface area (Å²) in [6.07, 6.45) is 5.52. The fraction of sp³-hybridized carbons (Fsp3) is 0.350. The van der Waals surface area contributed by atoms with Crippen molar-refractivity contribution in [2.24, 2.45) is 0 Å². The molecule has 0 saturated carbocycles. The first kappa shape index (κ1) is 17.9. The number of ether oxygens (including phenoxy) is 1. The van der Waals surface area contributed by atoms with E-state index in [2.05, 4.69) is 11.2 Å². The van der Waals surface area contributed by atoms with E-state index in [9.17, 15) is 4.79 Å². The van der Waals surface area contributed by atoms with Crippen LogP contribution in [-0.4, -0.2) is 44.9 Å². The van der Waals surface area contributed by atoms with Crippen molar-refractivity contribution >= 4 is 23.5 Å². The summed E-state index contributed by atoms with van der Waals surface area (Å²) in [6.45, 7) is 1.67. The lowest BCUT2D eigenvalue weighted by Gasteiger charge is -2.32. The molecule has 1 fully saturated rings. The van der Waals surface area contributed by atoms with Gasteiger partial charge in [0.25, 0.3) is 0 Å². The third-order valence-corrected chi connectivity index (χ3v) is 5.57. The molecule has 1 aliphatic heterocycles. The summed E-state index contributed by atoms with van der Waals surface area (Å²) in [5.74, 6) is 0.217. The molecule has 2 aromatic heterocycles. The molecule has 0 N–H and O–H groups in total. The zero-order valence-corrected chi connectivity index (χ0v) is 16.1. The van der Waals surface area contributed by atoms with Crippen molar-refractivity contribution in [2.75, 3.05) is 19.3 Å². The van der Waals surface area contributed by atoms with Crippen LogP contribution in [0.4, 0.5) is 4.79 Å². The van der Waals surface area contributed by atoms with Gasteiger partial charge in [-0.15, -0.1) is 11.8 Å². The molecule has 7 heteroatoms. The molecule has 1 unspecified atom stereocenters. The molecule has 1 saturated heterocycles. The second-order valence-electron chi connectivity index (χ2n) is 6.65. The summed E-state index contributed by atoms with van der Waals surface area (Å²) >= 11 is 1.65. The second-order valence-corrected chi connectivity index (χ2v) is 7.48. The summed E-state index contributed by atoms with van der Waals surface area (Å²) in [5, 5.41) is 5.38. The van der Waals surface area contributed by atoms with Gasteiger partial charge in [-0.2, -0.15) is 5.10 Å². The van der Waals surface area contributed by atoms with E-state index in [4.69, 9.17) is 9.72 Å². The molecule has 0 bridgehead atoms. The molecule has 0 spiro atoms. The Balaban J connectivity index is 1.45. The molecular weight excluding hydrogens is 360 g/mol. The topological polar surface area (TPSA) is 59.7 Å². The Labute approximate surface area is 162 Å². The van der Waals surface area contributed by atoms with E-state index in [1.807, 2.05) is 47.2 Å². The van der Waals surface area contributed by atoms with Gasteiger partial charge in [0.05, 0.1) is 11.9 Å². The largest absolute Gasteiger partial charge is 0.445 e. The lowest BCUT2D eigenvalue weighted by atomic mass is 9.95. The minimum atomic E-state index is -0.251. The Kier molecular flexibility index (Phi) is 5.29. The molecule has 1 aromatic carbocycles. The van der Waals surface area contributed by atoms with Crippen LogP contribution in [0.2, 0.25) is 0 Å². The van der Waals surface area contributed by atoms with E-state index in [0.29, 0.717) is 13.2 Å². The molecule has 1 aliphatic rings. The van der Waals surface area contributed by atoms with Crippen molar-refractivity contribution in [3.63, 3.8) is 0 Å². The van der Waals surface area contributed by atoms with E-state index in [-0.39, 0.29) is 12.0 Å². The Bertz CT molecular complexity index is 928. The van der Waals surface area contributed by atoms with Crippen LogP contribution in [0.3, 0.4) is 0 Å². The highest BCUT2D eigenvalue weighted by Gasteiger charge is 2.27. The van der Waals surface area contributed by atoms with Crippen LogP contribution in [0.25, 0.3) is 5.65 Å². The van der Waals surface area contributed by atoms with Crippen molar-refractivity contribution in [2.45, 2.75) is 30.4 Å². The highest BCUT2D eigenvalue weighted by Crippen LogP contribution is 2.29. The highest BCUT2D eigenvalue weighted by atomic mass is 32.2. The molecule has 3 aromatic rings. The quantitative estimate of drug-likeness (QED) is 0.505. The van der Waals surface area contributed by atoms with Crippen LogP contribution in [0, 0.1) is 0 Å². The Morgan fingerprint density at radius 1 is 1.30 bits per heavy atom. The fourth-order valence-electron chi connectivity index (χ4n) is 3.45. The molecule has 3 heterocycles. The maximum Gasteiger partial charge on any atom is 0.410 e. The number of hydrogen-bond donors (Lipinski definition) is 0. The maximum absolute atomic E-state index is 12.5. The lowest BCUT2D eigenvalue weighted by Crippen LogP contribution is -2.39. The Hall–Kier alpha value is -2.54. The first-order chi connectivity index (χ1) is 13.2. The third kappa shape index (κ3) is 3.93. The van der Waals surface area contributed by atoms with Crippen molar-refractivity contribution < 1.29 is 9.53 Å². The second kappa shape index (κ2) is 8.00. The summed E-state index contributed by atoms with van der Waals surface area (Å²) in [6, 6.07) is 13.8. The van der Waals surface area contributed by atoms with Gasteiger partial charge in [0.15, 0.2) is 5.65 Å². The van der Waals surface area contributed by atoms with Crippen molar-refractivity contribution in [1.29, 1.82) is 0 Å². The average Bonchev–Trinajstić information content (AvgIpc) is 3.21. The number of nitrogens with zero attached hydrogens (tertiary/aromatic N) is 4. The van der Waals surface area contributed by atoms with Crippen molar-refractivity contribution in [1.82, 2.24) is 19.5 Å². The van der Waals surface area contributed by atoms with Crippen LogP contribution in [0.1, 0.15) is 30.0 Å². The monoisotopic (exact) mass is 382 g/mol. The smallest absolute Gasteiger partial charge is 0.410 e. The number of aromatic nitrogens is 3. The predicted molar refractivity (Wildman–Crippen MR) is 105 cm³/mol. The van der Waals surface area contributed by atoms with Crippen molar-refractivity contribution in [3.8, 4) is 0 Å². The molecule has 4 rings (SSSR count). The average molecular weight is 382 g/mol. The highest BCUT2D eigenvalue weighted by molar-refractivity contribution is 7.98. The van der Waals surface area contributed by atoms with Gasteiger partial charge in [-0.1, -0.05) is 30.3 Å². The molecule has 140 valence electrons. The van der Waals surface area contributed by atoms with Crippen LogP contribution in [0.15, 0.2) is 53.7 Å². The number of piperidine rings is 1. The minimum absolute atomic E-state index is 0.217. The Morgan fingerprint density at radius 3 is 2.96 bits per heavy atom. The minimum Gasteiger partial charge on any atom is -0.445 e. The predicted octanol–water partition coefficient (Wildman–Crippen LogP) is 3.97. The van der Waals surface area contributed by atoms with Crippen LogP contribution in [0.5, 0.6) is 0 Å². The molecule has 1 amide bonds. The number of fused-ring (bicyclic) bond motifs is 1.